The molecule has 2 aliphatic heterocycles. The van der Waals surface area contributed by atoms with Gasteiger partial charge in [0.15, 0.2) is 0 Å². The first kappa shape index (κ1) is 44.6. The van der Waals surface area contributed by atoms with Gasteiger partial charge >= 0.3 is 0 Å². The first-order valence-corrected chi connectivity index (χ1v) is 26.1. The molecule has 12 rings (SSSR count). The number of hydrogen-bond acceptors (Lipinski definition) is 3. The number of rotatable bonds is 3. The van der Waals surface area contributed by atoms with Crippen molar-refractivity contribution in [2.45, 2.75) is 105 Å². The molecule has 4 heteroatoms. The normalized spacial score (nSPS) is 13.9. The van der Waals surface area contributed by atoms with E-state index in [0.29, 0.717) is 0 Å². The third kappa shape index (κ3) is 6.88. The average Bonchev–Trinajstić information content (AvgIpc) is 3.71. The molecule has 0 saturated carbocycles. The molecular weight excluding hydrogens is 864 g/mol. The van der Waals surface area contributed by atoms with Crippen LogP contribution in [-0.4, -0.2) is 6.71 Å². The van der Waals surface area contributed by atoms with Crippen molar-refractivity contribution in [3.05, 3.63) is 186 Å². The van der Waals surface area contributed by atoms with Gasteiger partial charge in [-0.2, -0.15) is 0 Å². The summed E-state index contributed by atoms with van der Waals surface area (Å²) in [5.41, 5.74) is 17.9. The molecule has 70 heavy (non-hydrogen) atoms. The van der Waals surface area contributed by atoms with Crippen LogP contribution in [0.2, 0.25) is 0 Å². The summed E-state index contributed by atoms with van der Waals surface area (Å²) in [6.07, 6.45) is 0. The third-order valence-corrected chi connectivity index (χ3v) is 16.7. The molecule has 0 saturated heterocycles. The lowest BCUT2D eigenvalue weighted by molar-refractivity contribution is 0.590. The standard InChI is InChI=1S/C66H63BN2S/c1-63(2,3)40-27-32-44(33-28-40)68-56-25-18-26-57-60(56)67(62-61(68)52-38-42(65(7,8)9)31-36-58(52)70-62)53-39-43(66(10,11)12)30-35-55(53)69(57)54-34-29-41(64(4,5)6)37-51(54)50-24-17-23-49-47-20-14-13-19-45(47)46-21-15-16-22-48(46)59(49)50/h13-39H,1-12H3. The Kier molecular flexibility index (Phi) is 9.83. The molecule has 0 atom stereocenters. The van der Waals surface area contributed by atoms with Gasteiger partial charge in [-0.15, -0.1) is 11.3 Å². The van der Waals surface area contributed by atoms with Gasteiger partial charge in [-0.3, -0.25) is 0 Å². The Morgan fingerprint density at radius 2 is 0.857 bits per heavy atom. The smallest absolute Gasteiger partial charge is 0.264 e. The van der Waals surface area contributed by atoms with Crippen LogP contribution in [0.3, 0.4) is 0 Å². The molecule has 0 unspecified atom stereocenters. The van der Waals surface area contributed by atoms with Gasteiger partial charge in [-0.05, 0) is 147 Å². The predicted molar refractivity (Wildman–Crippen MR) is 309 cm³/mol. The molecule has 346 valence electrons. The Hall–Kier alpha value is -6.62. The lowest BCUT2D eigenvalue weighted by Crippen LogP contribution is -2.60. The largest absolute Gasteiger partial charge is 0.311 e. The molecular formula is C66H63BN2S. The highest BCUT2D eigenvalue weighted by Gasteiger charge is 2.46. The minimum absolute atomic E-state index is 0.00516. The molecule has 0 radical (unpaired) electrons. The lowest BCUT2D eigenvalue weighted by Gasteiger charge is -2.44. The van der Waals surface area contributed by atoms with Crippen LogP contribution in [0, 0.1) is 0 Å². The van der Waals surface area contributed by atoms with Gasteiger partial charge in [0.1, 0.15) is 0 Å². The summed E-state index contributed by atoms with van der Waals surface area (Å²) in [7, 11) is 0. The fourth-order valence-corrected chi connectivity index (χ4v) is 12.9. The zero-order chi connectivity index (χ0) is 48.8. The molecule has 2 nitrogen and oxygen atoms in total. The summed E-state index contributed by atoms with van der Waals surface area (Å²) in [5, 5.41) is 9.06. The van der Waals surface area contributed by atoms with E-state index in [-0.39, 0.29) is 28.4 Å². The summed E-state index contributed by atoms with van der Waals surface area (Å²) < 4.78 is 2.74. The average molecular weight is 927 g/mol. The van der Waals surface area contributed by atoms with Gasteiger partial charge in [-0.25, -0.2) is 0 Å². The Morgan fingerprint density at radius 1 is 0.371 bits per heavy atom. The van der Waals surface area contributed by atoms with Crippen molar-refractivity contribution in [2.24, 2.45) is 0 Å². The molecule has 3 heterocycles. The highest BCUT2D eigenvalue weighted by molar-refractivity contribution is 7.33. The van der Waals surface area contributed by atoms with Gasteiger partial charge in [0, 0.05) is 43.2 Å². The second-order valence-electron chi connectivity index (χ2n) is 24.2. The zero-order valence-corrected chi connectivity index (χ0v) is 43.8. The maximum absolute atomic E-state index is 2.64. The SMILES string of the molecule is CC(C)(C)c1ccc(N2c3cccc4c3B(c3cc(C(C)(C)C)ccc3N4c3ccc(C(C)(C)C)cc3-c3cccc4c5ccccc5c5ccccc5c34)c3sc4ccc(C(C)(C)C)cc4c32)cc1. The highest BCUT2D eigenvalue weighted by Crippen LogP contribution is 2.52. The lowest BCUT2D eigenvalue weighted by atomic mass is 9.36. The van der Waals surface area contributed by atoms with E-state index < -0.39 is 0 Å². The van der Waals surface area contributed by atoms with E-state index in [1.54, 1.807) is 0 Å². The molecule has 0 spiro atoms. The number of fused-ring (bicyclic) bond motifs is 12. The Balaban J connectivity index is 1.19. The third-order valence-electron chi connectivity index (χ3n) is 15.5. The van der Waals surface area contributed by atoms with Crippen LogP contribution in [-0.2, 0) is 21.7 Å². The van der Waals surface area contributed by atoms with Crippen LogP contribution < -0.4 is 25.5 Å². The van der Waals surface area contributed by atoms with E-state index in [2.05, 4.69) is 257 Å². The molecule has 2 aliphatic rings. The minimum Gasteiger partial charge on any atom is -0.311 e. The van der Waals surface area contributed by atoms with E-state index >= 15 is 0 Å². The van der Waals surface area contributed by atoms with E-state index in [9.17, 15) is 0 Å². The molecule has 0 bridgehead atoms. The number of benzene rings is 9. The molecule has 1 aromatic heterocycles. The van der Waals surface area contributed by atoms with Crippen molar-refractivity contribution in [3.8, 4) is 11.1 Å². The fraction of sp³-hybridized carbons (Fsp3) is 0.242. The summed E-state index contributed by atoms with van der Waals surface area (Å²) in [6, 6.07) is 63.5. The van der Waals surface area contributed by atoms with Crippen LogP contribution in [0.15, 0.2) is 164 Å². The molecule has 0 fully saturated rings. The van der Waals surface area contributed by atoms with E-state index in [0.717, 1.165) is 0 Å². The van der Waals surface area contributed by atoms with Crippen molar-refractivity contribution >= 4 is 110 Å². The molecule has 0 amide bonds. The van der Waals surface area contributed by atoms with Crippen molar-refractivity contribution in [2.75, 3.05) is 9.80 Å². The van der Waals surface area contributed by atoms with Gasteiger partial charge in [-0.1, -0.05) is 192 Å². The van der Waals surface area contributed by atoms with Crippen molar-refractivity contribution in [1.82, 2.24) is 0 Å². The summed E-state index contributed by atoms with van der Waals surface area (Å²) in [5.74, 6) is 0. The van der Waals surface area contributed by atoms with Crippen molar-refractivity contribution in [1.29, 1.82) is 0 Å². The summed E-state index contributed by atoms with van der Waals surface area (Å²) >= 11 is 1.99. The summed E-state index contributed by atoms with van der Waals surface area (Å²) in [4.78, 5) is 5.25. The van der Waals surface area contributed by atoms with E-state index in [1.807, 2.05) is 11.3 Å². The van der Waals surface area contributed by atoms with E-state index in [4.69, 9.17) is 0 Å². The van der Waals surface area contributed by atoms with Crippen LogP contribution in [0.1, 0.15) is 105 Å². The van der Waals surface area contributed by atoms with Gasteiger partial charge in [0.2, 0.25) is 0 Å². The molecule has 0 aliphatic carbocycles. The number of nitrogens with zero attached hydrogens (tertiary/aromatic N) is 2. The van der Waals surface area contributed by atoms with Crippen LogP contribution >= 0.6 is 11.3 Å². The van der Waals surface area contributed by atoms with Gasteiger partial charge in [0.25, 0.3) is 6.71 Å². The topological polar surface area (TPSA) is 6.48 Å². The maximum Gasteiger partial charge on any atom is 0.264 e. The first-order chi connectivity index (χ1) is 33.3. The Bertz CT molecular complexity index is 3730. The number of hydrogen-bond donors (Lipinski definition) is 0. The molecule has 9 aromatic carbocycles. The molecule has 10 aromatic rings. The second-order valence-corrected chi connectivity index (χ2v) is 25.3. The molecule has 0 N–H and O–H groups in total. The fourth-order valence-electron chi connectivity index (χ4n) is 11.6. The van der Waals surface area contributed by atoms with Crippen LogP contribution in [0.4, 0.5) is 34.1 Å². The number of anilines is 6. The van der Waals surface area contributed by atoms with Crippen molar-refractivity contribution < 1.29 is 0 Å². The quantitative estimate of drug-likeness (QED) is 0.129. The van der Waals surface area contributed by atoms with E-state index in [1.165, 1.54) is 126 Å². The highest BCUT2D eigenvalue weighted by atomic mass is 32.1. The second kappa shape index (κ2) is 15.4. The minimum atomic E-state index is -0.0709. The first-order valence-electron chi connectivity index (χ1n) is 25.3. The van der Waals surface area contributed by atoms with Gasteiger partial charge in [0.05, 0.1) is 11.4 Å². The summed E-state index contributed by atoms with van der Waals surface area (Å²) in [6.45, 7) is 28.1. The number of thiophene rings is 1. The zero-order valence-electron chi connectivity index (χ0n) is 43.0. The maximum atomic E-state index is 2.64. The van der Waals surface area contributed by atoms with Crippen LogP contribution in [0.25, 0.3) is 53.5 Å². The monoisotopic (exact) mass is 926 g/mol. The van der Waals surface area contributed by atoms with Crippen molar-refractivity contribution in [3.63, 3.8) is 0 Å². The predicted octanol–water partition coefficient (Wildman–Crippen LogP) is 17.3. The van der Waals surface area contributed by atoms with Gasteiger partial charge < -0.3 is 9.80 Å². The Labute approximate surface area is 419 Å². The van der Waals surface area contributed by atoms with Crippen LogP contribution in [0.5, 0.6) is 0 Å². The Morgan fingerprint density at radius 3 is 1.47 bits per heavy atom.